The Morgan fingerprint density at radius 3 is 2.89 bits per heavy atom. The number of hydrogen-bond donors (Lipinski definition) is 1. The van der Waals surface area contributed by atoms with Crippen LogP contribution in [0.1, 0.15) is 30.5 Å². The summed E-state index contributed by atoms with van der Waals surface area (Å²) in [5, 5.41) is 0.815. The fraction of sp³-hybridized carbons (Fsp3) is 0.600. The number of halogens is 1. The lowest BCUT2D eigenvalue weighted by atomic mass is 9.97. The Morgan fingerprint density at radius 1 is 1.47 bits per heavy atom. The van der Waals surface area contributed by atoms with Gasteiger partial charge in [-0.2, -0.15) is 0 Å². The zero-order valence-electron chi connectivity index (χ0n) is 11.7. The highest BCUT2D eigenvalue weighted by Gasteiger charge is 2.32. The highest BCUT2D eigenvalue weighted by Crippen LogP contribution is 2.31. The lowest BCUT2D eigenvalue weighted by Gasteiger charge is -2.41. The van der Waals surface area contributed by atoms with Gasteiger partial charge >= 0.3 is 0 Å². The van der Waals surface area contributed by atoms with Crippen molar-refractivity contribution < 1.29 is 4.74 Å². The molecular weight excluding hydrogens is 260 g/mol. The number of morpholine rings is 1. The van der Waals surface area contributed by atoms with E-state index in [1.54, 1.807) is 0 Å². The summed E-state index contributed by atoms with van der Waals surface area (Å²) in [6, 6.07) is 6.49. The molecule has 1 aromatic carbocycles. The van der Waals surface area contributed by atoms with E-state index in [0.29, 0.717) is 6.54 Å². The van der Waals surface area contributed by atoms with E-state index in [-0.39, 0.29) is 12.1 Å². The number of nitrogens with two attached hydrogens (primary N) is 1. The molecule has 19 heavy (non-hydrogen) atoms. The second-order valence-corrected chi connectivity index (χ2v) is 5.54. The lowest BCUT2D eigenvalue weighted by Crippen LogP contribution is -2.48. The first-order chi connectivity index (χ1) is 9.17. The van der Waals surface area contributed by atoms with Crippen LogP contribution in [0.15, 0.2) is 18.2 Å². The van der Waals surface area contributed by atoms with Crippen LogP contribution in [0.4, 0.5) is 0 Å². The Balaban J connectivity index is 2.30. The zero-order chi connectivity index (χ0) is 13.8. The average Bonchev–Trinajstić information content (AvgIpc) is 2.42. The number of benzene rings is 1. The summed E-state index contributed by atoms with van der Waals surface area (Å²) >= 11 is 6.26. The fourth-order valence-electron chi connectivity index (χ4n) is 2.74. The predicted octanol–water partition coefficient (Wildman–Crippen LogP) is 2.76. The Labute approximate surface area is 120 Å². The summed E-state index contributed by atoms with van der Waals surface area (Å²) < 4.78 is 5.83. The van der Waals surface area contributed by atoms with Crippen molar-refractivity contribution in [3.63, 3.8) is 0 Å². The minimum Gasteiger partial charge on any atom is -0.374 e. The van der Waals surface area contributed by atoms with Gasteiger partial charge in [0.2, 0.25) is 0 Å². The van der Waals surface area contributed by atoms with Gasteiger partial charge in [-0.3, -0.25) is 4.90 Å². The van der Waals surface area contributed by atoms with E-state index in [9.17, 15) is 0 Å². The highest BCUT2D eigenvalue weighted by molar-refractivity contribution is 6.31. The van der Waals surface area contributed by atoms with Crippen LogP contribution >= 0.6 is 11.6 Å². The molecule has 0 aromatic heterocycles. The molecule has 1 aliphatic heterocycles. The van der Waals surface area contributed by atoms with Gasteiger partial charge in [0.05, 0.1) is 18.8 Å². The Bertz CT molecular complexity index is 423. The van der Waals surface area contributed by atoms with Gasteiger partial charge in [0.25, 0.3) is 0 Å². The van der Waals surface area contributed by atoms with Crippen molar-refractivity contribution in [2.24, 2.45) is 5.73 Å². The minimum atomic E-state index is 0.0547. The van der Waals surface area contributed by atoms with Crippen molar-refractivity contribution in [2.45, 2.75) is 32.4 Å². The number of rotatable bonds is 4. The first-order valence-electron chi connectivity index (χ1n) is 6.99. The minimum absolute atomic E-state index is 0.0547. The predicted molar refractivity (Wildman–Crippen MR) is 79.6 cm³/mol. The molecule has 0 bridgehead atoms. The van der Waals surface area contributed by atoms with E-state index in [1.807, 2.05) is 6.92 Å². The molecule has 0 aliphatic carbocycles. The molecule has 4 heteroatoms. The van der Waals surface area contributed by atoms with Crippen LogP contribution in [0.5, 0.6) is 0 Å². The fourth-order valence-corrected chi connectivity index (χ4v) is 2.93. The third-order valence-electron chi connectivity index (χ3n) is 3.74. The zero-order valence-corrected chi connectivity index (χ0v) is 12.5. The van der Waals surface area contributed by atoms with E-state index in [0.717, 1.165) is 36.7 Å². The molecule has 1 fully saturated rings. The molecule has 0 amide bonds. The molecule has 2 unspecified atom stereocenters. The van der Waals surface area contributed by atoms with Gasteiger partial charge in [-0.1, -0.05) is 30.7 Å². The molecule has 2 atom stereocenters. The molecule has 106 valence electrons. The second kappa shape index (κ2) is 6.71. The van der Waals surface area contributed by atoms with Gasteiger partial charge < -0.3 is 10.5 Å². The van der Waals surface area contributed by atoms with Crippen molar-refractivity contribution in [3.8, 4) is 0 Å². The van der Waals surface area contributed by atoms with Gasteiger partial charge in [-0.05, 0) is 37.1 Å². The summed E-state index contributed by atoms with van der Waals surface area (Å²) in [5.41, 5.74) is 8.19. The van der Waals surface area contributed by atoms with E-state index in [4.69, 9.17) is 22.1 Å². The molecule has 0 radical (unpaired) electrons. The third kappa shape index (κ3) is 3.29. The van der Waals surface area contributed by atoms with Gasteiger partial charge in [-0.25, -0.2) is 0 Å². The first-order valence-corrected chi connectivity index (χ1v) is 7.37. The summed E-state index contributed by atoms with van der Waals surface area (Å²) in [5.74, 6) is 0. The largest absolute Gasteiger partial charge is 0.374 e. The second-order valence-electron chi connectivity index (χ2n) is 5.13. The molecule has 1 aromatic rings. The molecule has 2 N–H and O–H groups in total. The maximum absolute atomic E-state index is 6.26. The summed E-state index contributed by atoms with van der Waals surface area (Å²) in [6.45, 7) is 7.55. The van der Waals surface area contributed by atoms with Crippen LogP contribution in [0.2, 0.25) is 5.02 Å². The van der Waals surface area contributed by atoms with Crippen molar-refractivity contribution in [1.29, 1.82) is 0 Å². The normalized spacial score (nSPS) is 24.6. The monoisotopic (exact) mass is 282 g/mol. The molecular formula is C15H23ClN2O. The number of aryl methyl sites for hydroxylation is 1. The van der Waals surface area contributed by atoms with Crippen LogP contribution in [-0.2, 0) is 4.74 Å². The van der Waals surface area contributed by atoms with E-state index in [2.05, 4.69) is 30.0 Å². The Morgan fingerprint density at radius 2 is 2.26 bits per heavy atom. The molecule has 2 rings (SSSR count). The molecule has 1 heterocycles. The molecule has 3 nitrogen and oxygen atoms in total. The Hall–Kier alpha value is -0.610. The quantitative estimate of drug-likeness (QED) is 0.923. The van der Waals surface area contributed by atoms with E-state index >= 15 is 0 Å². The van der Waals surface area contributed by atoms with Gasteiger partial charge in [-0.15, -0.1) is 0 Å². The molecule has 0 spiro atoms. The third-order valence-corrected chi connectivity index (χ3v) is 4.14. The van der Waals surface area contributed by atoms with Crippen LogP contribution < -0.4 is 5.73 Å². The van der Waals surface area contributed by atoms with Gasteiger partial charge in [0.1, 0.15) is 0 Å². The van der Waals surface area contributed by atoms with Crippen molar-refractivity contribution >= 4 is 11.6 Å². The smallest absolute Gasteiger partial charge is 0.0894 e. The van der Waals surface area contributed by atoms with Gasteiger partial charge in [0, 0.05) is 18.1 Å². The molecule has 1 saturated heterocycles. The summed E-state index contributed by atoms with van der Waals surface area (Å²) in [7, 11) is 0. The van der Waals surface area contributed by atoms with Crippen molar-refractivity contribution in [2.75, 3.05) is 26.2 Å². The SMILES string of the molecule is CCCN1CCOC(CN)C1c1ccc(C)c(Cl)c1. The van der Waals surface area contributed by atoms with E-state index in [1.165, 1.54) is 5.56 Å². The van der Waals surface area contributed by atoms with Crippen LogP contribution in [-0.4, -0.2) is 37.2 Å². The maximum Gasteiger partial charge on any atom is 0.0894 e. The number of ether oxygens (including phenoxy) is 1. The summed E-state index contributed by atoms with van der Waals surface area (Å²) in [6.07, 6.45) is 1.19. The average molecular weight is 283 g/mol. The topological polar surface area (TPSA) is 38.5 Å². The van der Waals surface area contributed by atoms with Crippen molar-refractivity contribution in [1.82, 2.24) is 4.90 Å². The summed E-state index contributed by atoms with van der Waals surface area (Å²) in [4.78, 5) is 2.46. The van der Waals surface area contributed by atoms with Crippen LogP contribution in [0.3, 0.4) is 0 Å². The standard InChI is InChI=1S/C15H23ClN2O/c1-3-6-18-7-8-19-14(10-17)15(18)12-5-4-11(2)13(16)9-12/h4-5,9,14-15H,3,6-8,10,17H2,1-2H3. The first kappa shape index (κ1) is 14.8. The number of nitrogens with zero attached hydrogens (tertiary/aromatic N) is 1. The molecule has 0 saturated carbocycles. The Kier molecular flexibility index (Phi) is 5.22. The van der Waals surface area contributed by atoms with Crippen LogP contribution in [0, 0.1) is 6.92 Å². The number of hydrogen-bond acceptors (Lipinski definition) is 3. The van der Waals surface area contributed by atoms with Gasteiger partial charge in [0.15, 0.2) is 0 Å². The van der Waals surface area contributed by atoms with Crippen LogP contribution in [0.25, 0.3) is 0 Å². The maximum atomic E-state index is 6.26. The molecule has 1 aliphatic rings. The van der Waals surface area contributed by atoms with E-state index < -0.39 is 0 Å². The highest BCUT2D eigenvalue weighted by atomic mass is 35.5. The van der Waals surface area contributed by atoms with Crippen molar-refractivity contribution in [3.05, 3.63) is 34.3 Å². The lowest BCUT2D eigenvalue weighted by molar-refractivity contribution is -0.0676.